The highest BCUT2D eigenvalue weighted by Gasteiger charge is 2.36. The summed E-state index contributed by atoms with van der Waals surface area (Å²) in [6.45, 7) is 2.42. The molecule has 0 fully saturated rings. The van der Waals surface area contributed by atoms with Crippen molar-refractivity contribution in [2.75, 3.05) is 6.61 Å². The van der Waals surface area contributed by atoms with Crippen molar-refractivity contribution in [1.29, 1.82) is 0 Å². The van der Waals surface area contributed by atoms with Crippen molar-refractivity contribution in [1.82, 2.24) is 0 Å². The fourth-order valence-corrected chi connectivity index (χ4v) is 1.53. The van der Waals surface area contributed by atoms with E-state index in [9.17, 15) is 18.0 Å². The van der Waals surface area contributed by atoms with Gasteiger partial charge in [-0.25, -0.2) is 0 Å². The lowest BCUT2D eigenvalue weighted by molar-refractivity contribution is -0.171. The van der Waals surface area contributed by atoms with Gasteiger partial charge in [-0.2, -0.15) is 13.2 Å². The molecule has 0 spiro atoms. The van der Waals surface area contributed by atoms with Crippen LogP contribution < -0.4 is 4.74 Å². The molecule has 0 aliphatic rings. The van der Waals surface area contributed by atoms with Crippen molar-refractivity contribution in [3.63, 3.8) is 0 Å². The number of Topliss-reactive ketones (excluding diaryl/α,β-unsaturated/α-hetero) is 1. The van der Waals surface area contributed by atoms with Gasteiger partial charge in [0, 0.05) is 6.42 Å². The third kappa shape index (κ3) is 6.27. The Balaban J connectivity index is 2.09. The lowest BCUT2D eigenvalue weighted by atomic mass is 10.1. The van der Waals surface area contributed by atoms with Crippen LogP contribution in [0.3, 0.4) is 0 Å². The van der Waals surface area contributed by atoms with E-state index in [1.807, 2.05) is 31.2 Å². The topological polar surface area (TPSA) is 26.3 Å². The van der Waals surface area contributed by atoms with Gasteiger partial charge in [0.1, 0.15) is 5.75 Å². The first-order valence-electron chi connectivity index (χ1n) is 6.19. The number of benzene rings is 1. The molecule has 5 heteroatoms. The second-order valence-corrected chi connectivity index (χ2v) is 4.39. The Morgan fingerprint density at radius 1 is 1.11 bits per heavy atom. The molecule has 0 heterocycles. The van der Waals surface area contributed by atoms with Gasteiger partial charge >= 0.3 is 6.18 Å². The third-order valence-electron chi connectivity index (χ3n) is 2.65. The van der Waals surface area contributed by atoms with Crippen molar-refractivity contribution < 1.29 is 22.7 Å². The monoisotopic (exact) mass is 274 g/mol. The van der Waals surface area contributed by atoms with E-state index in [2.05, 4.69) is 0 Å². The molecule has 0 aliphatic carbocycles. The number of ketones is 1. The maximum absolute atomic E-state index is 11.9. The fourth-order valence-electron chi connectivity index (χ4n) is 1.53. The number of hydrogen-bond donors (Lipinski definition) is 0. The smallest absolute Gasteiger partial charge is 0.449 e. The van der Waals surface area contributed by atoms with Crippen molar-refractivity contribution in [3.05, 3.63) is 29.8 Å². The fraction of sp³-hybridized carbons (Fsp3) is 0.500. The van der Waals surface area contributed by atoms with Crippen LogP contribution in [-0.4, -0.2) is 18.6 Å². The minimum absolute atomic E-state index is 0.246. The Morgan fingerprint density at radius 2 is 1.74 bits per heavy atom. The Bertz CT molecular complexity index is 396. The van der Waals surface area contributed by atoms with Crippen LogP contribution in [-0.2, 0) is 4.79 Å². The van der Waals surface area contributed by atoms with E-state index in [0.717, 1.165) is 11.3 Å². The largest absolute Gasteiger partial charge is 0.494 e. The number of unbranched alkanes of at least 4 members (excludes halogenated alkanes) is 2. The Labute approximate surface area is 110 Å². The van der Waals surface area contributed by atoms with Gasteiger partial charge in [0.15, 0.2) is 0 Å². The number of alkyl halides is 3. The molecule has 1 aromatic carbocycles. The van der Waals surface area contributed by atoms with E-state index in [0.29, 0.717) is 19.4 Å². The van der Waals surface area contributed by atoms with Crippen LogP contribution in [0.25, 0.3) is 0 Å². The molecule has 0 N–H and O–H groups in total. The predicted octanol–water partition coefficient (Wildman–Crippen LogP) is 4.07. The Hall–Kier alpha value is -1.52. The van der Waals surface area contributed by atoms with Gasteiger partial charge in [-0.15, -0.1) is 0 Å². The first-order chi connectivity index (χ1) is 8.89. The summed E-state index contributed by atoms with van der Waals surface area (Å²) in [7, 11) is 0. The molecule has 19 heavy (non-hydrogen) atoms. The molecule has 0 saturated carbocycles. The number of rotatable bonds is 7. The van der Waals surface area contributed by atoms with Crippen LogP contribution in [0.15, 0.2) is 24.3 Å². The summed E-state index contributed by atoms with van der Waals surface area (Å²) >= 11 is 0. The highest BCUT2D eigenvalue weighted by Crippen LogP contribution is 2.19. The van der Waals surface area contributed by atoms with Crippen LogP contribution in [0, 0.1) is 6.92 Å². The minimum Gasteiger partial charge on any atom is -0.494 e. The van der Waals surface area contributed by atoms with E-state index < -0.39 is 18.4 Å². The number of hydrogen-bond acceptors (Lipinski definition) is 2. The molecule has 0 amide bonds. The van der Waals surface area contributed by atoms with Gasteiger partial charge in [0.05, 0.1) is 6.61 Å². The molecule has 1 rings (SSSR count). The molecule has 0 aliphatic heterocycles. The molecule has 0 unspecified atom stereocenters. The lowest BCUT2D eigenvalue weighted by Crippen LogP contribution is -2.22. The van der Waals surface area contributed by atoms with Crippen LogP contribution in [0.5, 0.6) is 5.75 Å². The SMILES string of the molecule is Cc1ccc(OCCCCCC(=O)C(F)(F)F)cc1. The van der Waals surface area contributed by atoms with E-state index in [4.69, 9.17) is 4.74 Å². The van der Waals surface area contributed by atoms with E-state index >= 15 is 0 Å². The third-order valence-corrected chi connectivity index (χ3v) is 2.65. The molecule has 106 valence electrons. The average molecular weight is 274 g/mol. The summed E-state index contributed by atoms with van der Waals surface area (Å²) in [6.07, 6.45) is -3.70. The van der Waals surface area contributed by atoms with Gasteiger partial charge in [0.25, 0.3) is 0 Å². The Morgan fingerprint density at radius 3 is 2.32 bits per heavy atom. The maximum atomic E-state index is 11.9. The van der Waals surface area contributed by atoms with Crippen LogP contribution >= 0.6 is 0 Å². The number of halogens is 3. The van der Waals surface area contributed by atoms with Crippen molar-refractivity contribution in [2.24, 2.45) is 0 Å². The molecular formula is C14H17F3O2. The Kier molecular flexibility index (Phi) is 5.86. The maximum Gasteiger partial charge on any atom is 0.449 e. The second kappa shape index (κ2) is 7.16. The highest BCUT2D eigenvalue weighted by atomic mass is 19.4. The van der Waals surface area contributed by atoms with E-state index in [1.54, 1.807) is 0 Å². The van der Waals surface area contributed by atoms with Crippen LogP contribution in [0.1, 0.15) is 31.2 Å². The standard InChI is InChI=1S/C14H17F3O2/c1-11-6-8-12(9-7-11)19-10-4-2-3-5-13(18)14(15,16)17/h6-9H,2-5,10H2,1H3. The molecular weight excluding hydrogens is 257 g/mol. The van der Waals surface area contributed by atoms with Gasteiger partial charge in [-0.05, 0) is 38.3 Å². The average Bonchev–Trinajstić information content (AvgIpc) is 2.34. The second-order valence-electron chi connectivity index (χ2n) is 4.39. The van der Waals surface area contributed by atoms with Crippen molar-refractivity contribution >= 4 is 5.78 Å². The van der Waals surface area contributed by atoms with Crippen molar-refractivity contribution in [3.8, 4) is 5.75 Å². The summed E-state index contributed by atoms with van der Waals surface area (Å²) in [4.78, 5) is 10.6. The molecule has 0 radical (unpaired) electrons. The zero-order chi connectivity index (χ0) is 14.3. The van der Waals surface area contributed by atoms with Gasteiger partial charge in [0.2, 0.25) is 5.78 Å². The van der Waals surface area contributed by atoms with Crippen LogP contribution in [0.2, 0.25) is 0 Å². The summed E-state index contributed by atoms with van der Waals surface area (Å²) in [5, 5.41) is 0. The number of aryl methyl sites for hydroxylation is 1. The molecule has 0 saturated heterocycles. The van der Waals surface area contributed by atoms with Gasteiger partial charge in [-0.1, -0.05) is 17.7 Å². The summed E-state index contributed by atoms with van der Waals surface area (Å²) < 4.78 is 41.1. The first kappa shape index (κ1) is 15.5. The predicted molar refractivity (Wildman–Crippen MR) is 66.2 cm³/mol. The van der Waals surface area contributed by atoms with Gasteiger partial charge < -0.3 is 4.74 Å². The summed E-state index contributed by atoms with van der Waals surface area (Å²) in [5.74, 6) is -0.899. The first-order valence-corrected chi connectivity index (χ1v) is 6.19. The van der Waals surface area contributed by atoms with E-state index in [-0.39, 0.29) is 6.42 Å². The molecule has 0 aromatic heterocycles. The molecule has 1 aromatic rings. The lowest BCUT2D eigenvalue weighted by Gasteiger charge is -2.07. The van der Waals surface area contributed by atoms with Crippen LogP contribution in [0.4, 0.5) is 13.2 Å². The summed E-state index contributed by atoms with van der Waals surface area (Å²) in [6, 6.07) is 7.56. The minimum atomic E-state index is -4.70. The zero-order valence-corrected chi connectivity index (χ0v) is 10.8. The van der Waals surface area contributed by atoms with Gasteiger partial charge in [-0.3, -0.25) is 4.79 Å². The van der Waals surface area contributed by atoms with E-state index in [1.165, 1.54) is 0 Å². The zero-order valence-electron chi connectivity index (χ0n) is 10.8. The quantitative estimate of drug-likeness (QED) is 0.701. The summed E-state index contributed by atoms with van der Waals surface area (Å²) in [5.41, 5.74) is 1.14. The number of ether oxygens (including phenoxy) is 1. The highest BCUT2D eigenvalue weighted by molar-refractivity contribution is 5.83. The molecule has 0 atom stereocenters. The normalized spacial score (nSPS) is 11.4. The number of carbonyl (C=O) groups is 1. The number of carbonyl (C=O) groups excluding carboxylic acids is 1. The molecule has 2 nitrogen and oxygen atoms in total. The van der Waals surface area contributed by atoms with Crippen molar-refractivity contribution in [2.45, 2.75) is 38.8 Å². The molecule has 0 bridgehead atoms.